The third kappa shape index (κ3) is 3.58. The summed E-state index contributed by atoms with van der Waals surface area (Å²) in [4.78, 5) is 0.229. The summed E-state index contributed by atoms with van der Waals surface area (Å²) in [7, 11) is -3.64. The summed E-state index contributed by atoms with van der Waals surface area (Å²) in [6.45, 7) is 2.96. The minimum absolute atomic E-state index is 0.112. The molecular formula is C16H17NO4S. The number of rotatable bonds is 6. The highest BCUT2D eigenvalue weighted by Crippen LogP contribution is 2.27. The van der Waals surface area contributed by atoms with Gasteiger partial charge in [-0.1, -0.05) is 24.3 Å². The number of nitrogens with one attached hydrogen (secondary N) is 1. The van der Waals surface area contributed by atoms with Crippen LogP contribution >= 0.6 is 0 Å². The SMILES string of the molecule is Cc1cccc(S(=O)(=O)Nc2ccccc2OCC2CO2)c1. The highest BCUT2D eigenvalue weighted by Gasteiger charge is 2.24. The first-order valence-electron chi connectivity index (χ1n) is 6.97. The maximum absolute atomic E-state index is 12.5. The lowest BCUT2D eigenvalue weighted by atomic mass is 10.2. The van der Waals surface area contributed by atoms with Gasteiger partial charge >= 0.3 is 0 Å². The van der Waals surface area contributed by atoms with Gasteiger partial charge in [-0.25, -0.2) is 8.42 Å². The van der Waals surface area contributed by atoms with Crippen molar-refractivity contribution >= 4 is 15.7 Å². The molecule has 5 nitrogen and oxygen atoms in total. The molecule has 1 atom stereocenters. The van der Waals surface area contributed by atoms with Gasteiger partial charge in [-0.2, -0.15) is 0 Å². The van der Waals surface area contributed by atoms with E-state index in [9.17, 15) is 8.42 Å². The lowest BCUT2D eigenvalue weighted by molar-refractivity contribution is 0.264. The first kappa shape index (κ1) is 14.9. The van der Waals surface area contributed by atoms with Gasteiger partial charge in [-0.3, -0.25) is 4.72 Å². The molecule has 0 radical (unpaired) electrons. The van der Waals surface area contributed by atoms with Crippen LogP contribution in [0, 0.1) is 6.92 Å². The highest BCUT2D eigenvalue weighted by atomic mass is 32.2. The molecule has 2 aromatic rings. The second-order valence-electron chi connectivity index (χ2n) is 5.18. The van der Waals surface area contributed by atoms with Gasteiger partial charge in [0.1, 0.15) is 18.5 Å². The van der Waals surface area contributed by atoms with E-state index in [1.54, 1.807) is 42.5 Å². The van der Waals surface area contributed by atoms with Gasteiger partial charge in [-0.15, -0.1) is 0 Å². The lowest BCUT2D eigenvalue weighted by Gasteiger charge is -2.13. The molecule has 116 valence electrons. The van der Waals surface area contributed by atoms with Gasteiger partial charge in [0.15, 0.2) is 0 Å². The number of para-hydroxylation sites is 2. The van der Waals surface area contributed by atoms with Crippen molar-refractivity contribution in [2.45, 2.75) is 17.9 Å². The first-order valence-corrected chi connectivity index (χ1v) is 8.46. The van der Waals surface area contributed by atoms with E-state index < -0.39 is 10.0 Å². The molecule has 0 aromatic heterocycles. The fourth-order valence-electron chi connectivity index (χ4n) is 2.01. The average molecular weight is 319 g/mol. The number of aryl methyl sites for hydroxylation is 1. The molecule has 1 aliphatic heterocycles. The van der Waals surface area contributed by atoms with Crippen LogP contribution in [0.2, 0.25) is 0 Å². The standard InChI is InChI=1S/C16H17NO4S/c1-12-5-4-6-14(9-12)22(18,19)17-15-7-2-3-8-16(15)21-11-13-10-20-13/h2-9,13,17H,10-11H2,1H3. The van der Waals surface area contributed by atoms with Gasteiger partial charge in [0.05, 0.1) is 17.2 Å². The zero-order valence-electron chi connectivity index (χ0n) is 12.2. The van der Waals surface area contributed by atoms with Crippen LogP contribution in [-0.2, 0) is 14.8 Å². The van der Waals surface area contributed by atoms with Gasteiger partial charge in [0.2, 0.25) is 0 Å². The second-order valence-corrected chi connectivity index (χ2v) is 6.87. The topological polar surface area (TPSA) is 67.9 Å². The molecule has 1 unspecified atom stereocenters. The second kappa shape index (κ2) is 5.98. The first-order chi connectivity index (χ1) is 10.5. The smallest absolute Gasteiger partial charge is 0.262 e. The Hall–Kier alpha value is -2.05. The zero-order chi connectivity index (χ0) is 15.6. The maximum atomic E-state index is 12.5. The Morgan fingerprint density at radius 3 is 2.73 bits per heavy atom. The van der Waals surface area contributed by atoms with Crippen LogP contribution in [0.1, 0.15) is 5.56 Å². The van der Waals surface area contributed by atoms with E-state index >= 15 is 0 Å². The predicted octanol–water partition coefficient (Wildman–Crippen LogP) is 2.57. The Morgan fingerprint density at radius 1 is 1.23 bits per heavy atom. The molecule has 1 saturated heterocycles. The molecule has 0 amide bonds. The lowest BCUT2D eigenvalue weighted by Crippen LogP contribution is -2.14. The van der Waals surface area contributed by atoms with Crippen molar-refractivity contribution in [2.24, 2.45) is 0 Å². The maximum Gasteiger partial charge on any atom is 0.262 e. The summed E-state index contributed by atoms with van der Waals surface area (Å²) in [5.41, 5.74) is 1.31. The number of epoxide rings is 1. The molecule has 22 heavy (non-hydrogen) atoms. The van der Waals surface area contributed by atoms with Crippen molar-refractivity contribution in [1.82, 2.24) is 0 Å². The normalized spacial score (nSPS) is 17.0. The predicted molar refractivity (Wildman–Crippen MR) is 83.7 cm³/mol. The summed E-state index contributed by atoms with van der Waals surface area (Å²) in [5.74, 6) is 0.495. The van der Waals surface area contributed by atoms with E-state index in [1.165, 1.54) is 0 Å². The molecule has 0 aliphatic carbocycles. The van der Waals surface area contributed by atoms with E-state index in [4.69, 9.17) is 9.47 Å². The summed E-state index contributed by atoms with van der Waals surface area (Å²) in [5, 5.41) is 0. The van der Waals surface area contributed by atoms with Crippen molar-refractivity contribution in [1.29, 1.82) is 0 Å². The summed E-state index contributed by atoms with van der Waals surface area (Å²) >= 11 is 0. The molecule has 6 heteroatoms. The van der Waals surface area contributed by atoms with Gasteiger partial charge in [0.25, 0.3) is 10.0 Å². The summed E-state index contributed by atoms with van der Waals surface area (Å²) in [6, 6.07) is 13.7. The van der Waals surface area contributed by atoms with Crippen LogP contribution in [0.3, 0.4) is 0 Å². The molecule has 0 spiro atoms. The molecule has 1 aliphatic rings. The van der Waals surface area contributed by atoms with Crippen LogP contribution in [0.25, 0.3) is 0 Å². The number of benzene rings is 2. The summed E-state index contributed by atoms with van der Waals surface area (Å²) < 4.78 is 38.2. The molecule has 1 fully saturated rings. The van der Waals surface area contributed by atoms with E-state index in [0.717, 1.165) is 5.56 Å². The average Bonchev–Trinajstić information content (AvgIpc) is 3.30. The Balaban J connectivity index is 1.82. The summed E-state index contributed by atoms with van der Waals surface area (Å²) in [6.07, 6.45) is 0.112. The fraction of sp³-hybridized carbons (Fsp3) is 0.250. The van der Waals surface area contributed by atoms with Crippen molar-refractivity contribution in [3.8, 4) is 5.75 Å². The monoisotopic (exact) mass is 319 g/mol. The highest BCUT2D eigenvalue weighted by molar-refractivity contribution is 7.92. The van der Waals surface area contributed by atoms with E-state index in [-0.39, 0.29) is 11.0 Å². The van der Waals surface area contributed by atoms with Crippen LogP contribution in [0.15, 0.2) is 53.4 Å². The zero-order valence-corrected chi connectivity index (χ0v) is 13.0. The Kier molecular flexibility index (Phi) is 4.04. The minimum Gasteiger partial charge on any atom is -0.489 e. The van der Waals surface area contributed by atoms with Crippen molar-refractivity contribution in [3.63, 3.8) is 0 Å². The van der Waals surface area contributed by atoms with Crippen LogP contribution < -0.4 is 9.46 Å². The van der Waals surface area contributed by atoms with E-state index in [0.29, 0.717) is 24.7 Å². The van der Waals surface area contributed by atoms with Crippen LogP contribution in [0.5, 0.6) is 5.75 Å². The van der Waals surface area contributed by atoms with E-state index in [2.05, 4.69) is 4.72 Å². The van der Waals surface area contributed by atoms with Gasteiger partial charge in [0, 0.05) is 0 Å². The number of sulfonamides is 1. The third-order valence-electron chi connectivity index (χ3n) is 3.26. The Labute approximate surface area is 129 Å². The molecule has 1 N–H and O–H groups in total. The third-order valence-corrected chi connectivity index (χ3v) is 4.62. The Morgan fingerprint density at radius 2 is 2.00 bits per heavy atom. The fourth-order valence-corrected chi connectivity index (χ4v) is 3.18. The van der Waals surface area contributed by atoms with Crippen molar-refractivity contribution in [3.05, 3.63) is 54.1 Å². The van der Waals surface area contributed by atoms with E-state index in [1.807, 2.05) is 13.0 Å². The number of hydrogen-bond donors (Lipinski definition) is 1. The van der Waals surface area contributed by atoms with Crippen molar-refractivity contribution in [2.75, 3.05) is 17.9 Å². The quantitative estimate of drug-likeness (QED) is 0.831. The number of hydrogen-bond acceptors (Lipinski definition) is 4. The molecule has 1 heterocycles. The molecule has 0 bridgehead atoms. The molecule has 2 aromatic carbocycles. The molecular weight excluding hydrogens is 302 g/mol. The molecule has 0 saturated carbocycles. The van der Waals surface area contributed by atoms with Crippen molar-refractivity contribution < 1.29 is 17.9 Å². The van der Waals surface area contributed by atoms with Crippen LogP contribution in [-0.4, -0.2) is 27.7 Å². The van der Waals surface area contributed by atoms with Gasteiger partial charge < -0.3 is 9.47 Å². The molecule has 3 rings (SSSR count). The largest absolute Gasteiger partial charge is 0.489 e. The minimum atomic E-state index is -3.64. The number of ether oxygens (including phenoxy) is 2. The van der Waals surface area contributed by atoms with Crippen LogP contribution in [0.4, 0.5) is 5.69 Å². The van der Waals surface area contributed by atoms with Gasteiger partial charge in [-0.05, 0) is 36.8 Å². The number of anilines is 1. The Bertz CT molecular complexity index is 769.